The van der Waals surface area contributed by atoms with Gasteiger partial charge in [0.25, 0.3) is 0 Å². The quantitative estimate of drug-likeness (QED) is 0.702. The molecule has 0 fully saturated rings. The van der Waals surface area contributed by atoms with E-state index in [-0.39, 0.29) is 5.91 Å². The van der Waals surface area contributed by atoms with E-state index >= 15 is 0 Å². The van der Waals surface area contributed by atoms with Gasteiger partial charge in [-0.15, -0.1) is 0 Å². The molecule has 0 aromatic heterocycles. The van der Waals surface area contributed by atoms with E-state index in [0.717, 1.165) is 19.4 Å². The van der Waals surface area contributed by atoms with Crippen LogP contribution in [0.5, 0.6) is 0 Å². The summed E-state index contributed by atoms with van der Waals surface area (Å²) in [6.07, 6.45) is 2.17. The maximum absolute atomic E-state index is 11.7. The van der Waals surface area contributed by atoms with Gasteiger partial charge >= 0.3 is 0 Å². The molecule has 0 bridgehead atoms. The first-order valence-corrected chi connectivity index (χ1v) is 4.91. The van der Waals surface area contributed by atoms with Crippen molar-refractivity contribution in [2.24, 2.45) is 11.1 Å². The van der Waals surface area contributed by atoms with Gasteiger partial charge < -0.3 is 10.6 Å². The molecule has 0 saturated heterocycles. The van der Waals surface area contributed by atoms with Gasteiger partial charge in [-0.2, -0.15) is 0 Å². The fraction of sp³-hybridized carbons (Fsp3) is 0.900. The van der Waals surface area contributed by atoms with Gasteiger partial charge in [-0.3, -0.25) is 4.79 Å². The van der Waals surface area contributed by atoms with Gasteiger partial charge in [-0.1, -0.05) is 13.3 Å². The minimum Gasteiger partial charge on any atom is -0.345 e. The fourth-order valence-corrected chi connectivity index (χ4v) is 1.10. The Morgan fingerprint density at radius 1 is 1.46 bits per heavy atom. The zero-order valence-corrected chi connectivity index (χ0v) is 9.26. The highest BCUT2D eigenvalue weighted by molar-refractivity contribution is 5.81. The van der Waals surface area contributed by atoms with Crippen molar-refractivity contribution in [2.75, 3.05) is 20.1 Å². The highest BCUT2D eigenvalue weighted by atomic mass is 16.2. The minimum absolute atomic E-state index is 0.142. The SMILES string of the molecule is CCCCN(C)C(=O)C(C)(C)CN. The largest absolute Gasteiger partial charge is 0.345 e. The third kappa shape index (κ3) is 3.77. The van der Waals surface area contributed by atoms with E-state index in [1.807, 2.05) is 20.9 Å². The molecule has 0 aliphatic carbocycles. The van der Waals surface area contributed by atoms with Crippen molar-refractivity contribution in [3.63, 3.8) is 0 Å². The highest BCUT2D eigenvalue weighted by Crippen LogP contribution is 2.16. The Morgan fingerprint density at radius 3 is 2.38 bits per heavy atom. The maximum Gasteiger partial charge on any atom is 0.229 e. The van der Waals surface area contributed by atoms with Gasteiger partial charge in [0.1, 0.15) is 0 Å². The molecule has 78 valence electrons. The van der Waals surface area contributed by atoms with Crippen molar-refractivity contribution < 1.29 is 4.79 Å². The summed E-state index contributed by atoms with van der Waals surface area (Å²) in [6, 6.07) is 0. The first kappa shape index (κ1) is 12.4. The average molecular weight is 186 g/mol. The molecule has 3 nitrogen and oxygen atoms in total. The first-order chi connectivity index (χ1) is 5.95. The van der Waals surface area contributed by atoms with E-state index in [9.17, 15) is 4.79 Å². The zero-order chi connectivity index (χ0) is 10.5. The topological polar surface area (TPSA) is 46.3 Å². The number of nitrogens with two attached hydrogens (primary N) is 1. The van der Waals surface area contributed by atoms with Crippen LogP contribution in [-0.4, -0.2) is 30.9 Å². The molecule has 0 aromatic rings. The van der Waals surface area contributed by atoms with Crippen molar-refractivity contribution in [3.8, 4) is 0 Å². The summed E-state index contributed by atoms with van der Waals surface area (Å²) in [7, 11) is 1.84. The van der Waals surface area contributed by atoms with Crippen molar-refractivity contribution in [3.05, 3.63) is 0 Å². The fourth-order valence-electron chi connectivity index (χ4n) is 1.10. The molecule has 0 saturated carbocycles. The normalized spacial score (nSPS) is 11.5. The molecule has 0 aliphatic heterocycles. The molecule has 3 heteroatoms. The van der Waals surface area contributed by atoms with Crippen LogP contribution < -0.4 is 5.73 Å². The number of unbranched alkanes of at least 4 members (excludes halogenated alkanes) is 1. The molecule has 0 aliphatic rings. The predicted octanol–water partition coefficient (Wildman–Crippen LogP) is 1.23. The summed E-state index contributed by atoms with van der Waals surface area (Å²) in [4.78, 5) is 13.5. The summed E-state index contributed by atoms with van der Waals surface area (Å²) in [5.74, 6) is 0.142. The number of carbonyl (C=O) groups excluding carboxylic acids is 1. The maximum atomic E-state index is 11.7. The summed E-state index contributed by atoms with van der Waals surface area (Å²) >= 11 is 0. The monoisotopic (exact) mass is 186 g/mol. The number of rotatable bonds is 5. The molecule has 0 aromatic carbocycles. The molecule has 0 unspecified atom stereocenters. The van der Waals surface area contributed by atoms with Crippen LogP contribution in [0, 0.1) is 5.41 Å². The van der Waals surface area contributed by atoms with Crippen LogP contribution in [-0.2, 0) is 4.79 Å². The lowest BCUT2D eigenvalue weighted by atomic mass is 9.92. The Bertz CT molecular complexity index is 166. The number of hydrogen-bond acceptors (Lipinski definition) is 2. The second kappa shape index (κ2) is 5.22. The van der Waals surface area contributed by atoms with E-state index in [0.29, 0.717) is 6.54 Å². The van der Waals surface area contributed by atoms with E-state index in [4.69, 9.17) is 5.73 Å². The van der Waals surface area contributed by atoms with Gasteiger partial charge in [0.2, 0.25) is 5.91 Å². The molecular weight excluding hydrogens is 164 g/mol. The van der Waals surface area contributed by atoms with Crippen LogP contribution in [0.15, 0.2) is 0 Å². The van der Waals surface area contributed by atoms with E-state index < -0.39 is 5.41 Å². The third-order valence-corrected chi connectivity index (χ3v) is 2.28. The van der Waals surface area contributed by atoms with E-state index in [2.05, 4.69) is 6.92 Å². The summed E-state index contributed by atoms with van der Waals surface area (Å²) in [5, 5.41) is 0. The molecule has 1 amide bonds. The van der Waals surface area contributed by atoms with E-state index in [1.165, 1.54) is 0 Å². The lowest BCUT2D eigenvalue weighted by Crippen LogP contribution is -2.43. The van der Waals surface area contributed by atoms with Gasteiger partial charge in [0.15, 0.2) is 0 Å². The Balaban J connectivity index is 4.09. The number of carbonyl (C=O) groups is 1. The third-order valence-electron chi connectivity index (χ3n) is 2.28. The lowest BCUT2D eigenvalue weighted by molar-refractivity contribution is -0.138. The van der Waals surface area contributed by atoms with Crippen LogP contribution in [0.4, 0.5) is 0 Å². The number of hydrogen-bond donors (Lipinski definition) is 1. The van der Waals surface area contributed by atoms with Crippen LogP contribution >= 0.6 is 0 Å². The molecular formula is C10H22N2O. The van der Waals surface area contributed by atoms with Crippen LogP contribution in [0.3, 0.4) is 0 Å². The summed E-state index contributed by atoms with van der Waals surface area (Å²) in [5.41, 5.74) is 5.11. The predicted molar refractivity (Wildman–Crippen MR) is 55.4 cm³/mol. The molecule has 0 rings (SSSR count). The Kier molecular flexibility index (Phi) is 4.99. The van der Waals surface area contributed by atoms with Gasteiger partial charge in [0, 0.05) is 20.1 Å². The Hall–Kier alpha value is -0.570. The molecule has 13 heavy (non-hydrogen) atoms. The Morgan fingerprint density at radius 2 is 2.00 bits per heavy atom. The first-order valence-electron chi connectivity index (χ1n) is 4.91. The summed E-state index contributed by atoms with van der Waals surface area (Å²) < 4.78 is 0. The molecule has 0 spiro atoms. The highest BCUT2D eigenvalue weighted by Gasteiger charge is 2.28. The van der Waals surface area contributed by atoms with Crippen molar-refractivity contribution in [2.45, 2.75) is 33.6 Å². The standard InChI is InChI=1S/C10H22N2O/c1-5-6-7-12(4)9(13)10(2,3)8-11/h5-8,11H2,1-4H3. The molecule has 2 N–H and O–H groups in total. The number of amides is 1. The Labute approximate surface area is 81.3 Å². The van der Waals surface area contributed by atoms with Crippen molar-refractivity contribution in [1.29, 1.82) is 0 Å². The second-order valence-electron chi connectivity index (χ2n) is 4.17. The molecule has 0 heterocycles. The van der Waals surface area contributed by atoms with Gasteiger partial charge in [0.05, 0.1) is 5.41 Å². The van der Waals surface area contributed by atoms with Gasteiger partial charge in [-0.05, 0) is 20.3 Å². The van der Waals surface area contributed by atoms with Crippen LogP contribution in [0.1, 0.15) is 33.6 Å². The molecule has 0 radical (unpaired) electrons. The van der Waals surface area contributed by atoms with Crippen molar-refractivity contribution >= 4 is 5.91 Å². The smallest absolute Gasteiger partial charge is 0.229 e. The number of nitrogens with zero attached hydrogens (tertiary/aromatic N) is 1. The van der Waals surface area contributed by atoms with Crippen molar-refractivity contribution in [1.82, 2.24) is 4.90 Å². The average Bonchev–Trinajstić information content (AvgIpc) is 2.12. The molecule has 0 atom stereocenters. The minimum atomic E-state index is -0.414. The van der Waals surface area contributed by atoms with E-state index in [1.54, 1.807) is 4.90 Å². The second-order valence-corrected chi connectivity index (χ2v) is 4.17. The van der Waals surface area contributed by atoms with Crippen LogP contribution in [0.2, 0.25) is 0 Å². The van der Waals surface area contributed by atoms with Gasteiger partial charge in [-0.25, -0.2) is 0 Å². The van der Waals surface area contributed by atoms with Crippen LogP contribution in [0.25, 0.3) is 0 Å². The lowest BCUT2D eigenvalue weighted by Gasteiger charge is -2.28. The zero-order valence-electron chi connectivity index (χ0n) is 9.26. The summed E-state index contributed by atoms with van der Waals surface area (Å²) in [6.45, 7) is 7.13.